The molecule has 0 bridgehead atoms. The lowest BCUT2D eigenvalue weighted by Gasteiger charge is -2.04. The smallest absolute Gasteiger partial charge is 0.150 e. The van der Waals surface area contributed by atoms with Gasteiger partial charge in [0.05, 0.1) is 0 Å². The Kier molecular flexibility index (Phi) is 3.89. The minimum atomic E-state index is 0.260. The third-order valence-corrected chi connectivity index (χ3v) is 2.94. The lowest BCUT2D eigenvalue weighted by Crippen LogP contribution is -1.89. The van der Waals surface area contributed by atoms with Crippen molar-refractivity contribution in [2.24, 2.45) is 0 Å². The summed E-state index contributed by atoms with van der Waals surface area (Å²) < 4.78 is 0. The number of fused-ring (bicyclic) bond motifs is 1. The molecule has 2 heteroatoms. The molecule has 0 aliphatic rings. The number of carbonyl (C=O) groups excluding carboxylic acids is 1. The molecule has 2 aromatic carbocycles. The number of benzene rings is 2. The molecule has 0 saturated carbocycles. The third kappa shape index (κ3) is 2.92. The normalized spacial score (nSPS) is 10.6. The first-order chi connectivity index (χ1) is 8.33. The van der Waals surface area contributed by atoms with Crippen LogP contribution in [0.1, 0.15) is 28.8 Å². The first-order valence-electron chi connectivity index (χ1n) is 5.92. The molecule has 0 fully saturated rings. The van der Waals surface area contributed by atoms with Crippen molar-refractivity contribution in [3.8, 4) is 0 Å². The first-order valence-corrected chi connectivity index (χ1v) is 5.92. The molecule has 0 spiro atoms. The van der Waals surface area contributed by atoms with Crippen LogP contribution in [0.4, 0.5) is 0 Å². The van der Waals surface area contributed by atoms with Gasteiger partial charge in [0.15, 0.2) is 0 Å². The van der Waals surface area contributed by atoms with Crippen molar-refractivity contribution in [3.05, 3.63) is 47.5 Å². The number of hydrogen-bond acceptors (Lipinski definition) is 2. The summed E-state index contributed by atoms with van der Waals surface area (Å²) in [4.78, 5) is 10.7. The average Bonchev–Trinajstić information content (AvgIpc) is 2.38. The fourth-order valence-electron chi connectivity index (χ4n) is 1.98. The standard InChI is InChI=1S/C15H16O2/c16-8-2-1-3-12-4-6-15-10-13(11-17)5-7-14(15)9-12/h4-7,9-11,16H,1-3,8H2. The van der Waals surface area contributed by atoms with Crippen LogP contribution in [0, 0.1) is 0 Å². The monoisotopic (exact) mass is 228 g/mol. The second kappa shape index (κ2) is 5.60. The van der Waals surface area contributed by atoms with E-state index in [9.17, 15) is 4.79 Å². The van der Waals surface area contributed by atoms with Crippen LogP contribution in [0.2, 0.25) is 0 Å². The van der Waals surface area contributed by atoms with Crippen molar-refractivity contribution in [1.29, 1.82) is 0 Å². The summed E-state index contributed by atoms with van der Waals surface area (Å²) in [6.45, 7) is 0.260. The Labute approximate surface area is 101 Å². The predicted molar refractivity (Wildman–Crippen MR) is 69.4 cm³/mol. The Hall–Kier alpha value is -1.67. The molecule has 2 aromatic rings. The van der Waals surface area contributed by atoms with Crippen LogP contribution in [0.25, 0.3) is 10.8 Å². The zero-order chi connectivity index (χ0) is 12.1. The summed E-state index contributed by atoms with van der Waals surface area (Å²) >= 11 is 0. The van der Waals surface area contributed by atoms with E-state index in [4.69, 9.17) is 5.11 Å². The second-order valence-corrected chi connectivity index (χ2v) is 4.24. The highest BCUT2D eigenvalue weighted by atomic mass is 16.2. The molecule has 88 valence electrons. The van der Waals surface area contributed by atoms with Crippen LogP contribution in [0.15, 0.2) is 36.4 Å². The minimum absolute atomic E-state index is 0.260. The van der Waals surface area contributed by atoms with Crippen molar-refractivity contribution in [1.82, 2.24) is 0 Å². The Balaban J connectivity index is 2.22. The van der Waals surface area contributed by atoms with Crippen molar-refractivity contribution < 1.29 is 9.90 Å². The highest BCUT2D eigenvalue weighted by molar-refractivity contribution is 5.89. The number of aliphatic hydroxyl groups excluding tert-OH is 1. The van der Waals surface area contributed by atoms with E-state index in [-0.39, 0.29) is 6.61 Å². The van der Waals surface area contributed by atoms with Gasteiger partial charge in [-0.3, -0.25) is 4.79 Å². The van der Waals surface area contributed by atoms with E-state index in [2.05, 4.69) is 18.2 Å². The maximum Gasteiger partial charge on any atom is 0.150 e. The number of hydrogen-bond donors (Lipinski definition) is 1. The molecule has 0 atom stereocenters. The summed E-state index contributed by atoms with van der Waals surface area (Å²) in [6.07, 6.45) is 3.72. The van der Waals surface area contributed by atoms with Gasteiger partial charge in [0, 0.05) is 12.2 Å². The van der Waals surface area contributed by atoms with Crippen LogP contribution >= 0.6 is 0 Å². The molecule has 0 unspecified atom stereocenters. The van der Waals surface area contributed by atoms with E-state index in [1.165, 1.54) is 5.56 Å². The highest BCUT2D eigenvalue weighted by Gasteiger charge is 1.98. The number of aliphatic hydroxyl groups is 1. The third-order valence-electron chi connectivity index (χ3n) is 2.94. The van der Waals surface area contributed by atoms with Crippen LogP contribution in [-0.4, -0.2) is 18.0 Å². The maximum atomic E-state index is 10.7. The number of aldehydes is 1. The van der Waals surface area contributed by atoms with Gasteiger partial charge in [-0.05, 0) is 41.7 Å². The quantitative estimate of drug-likeness (QED) is 0.631. The fourth-order valence-corrected chi connectivity index (χ4v) is 1.98. The van der Waals surface area contributed by atoms with Crippen LogP contribution in [-0.2, 0) is 6.42 Å². The predicted octanol–water partition coefficient (Wildman–Crippen LogP) is 2.97. The molecule has 2 nitrogen and oxygen atoms in total. The largest absolute Gasteiger partial charge is 0.396 e. The molecular formula is C15H16O2. The average molecular weight is 228 g/mol. The molecule has 0 saturated heterocycles. The summed E-state index contributed by atoms with van der Waals surface area (Å²) in [7, 11) is 0. The molecule has 0 aliphatic carbocycles. The van der Waals surface area contributed by atoms with Gasteiger partial charge in [-0.2, -0.15) is 0 Å². The summed E-state index contributed by atoms with van der Waals surface area (Å²) in [5, 5.41) is 11.0. The molecule has 0 heterocycles. The van der Waals surface area contributed by atoms with Gasteiger partial charge in [-0.1, -0.05) is 30.3 Å². The lowest BCUT2D eigenvalue weighted by atomic mass is 10.0. The van der Waals surface area contributed by atoms with Gasteiger partial charge in [0.1, 0.15) is 6.29 Å². The van der Waals surface area contributed by atoms with Gasteiger partial charge in [0.2, 0.25) is 0 Å². The van der Waals surface area contributed by atoms with Crippen molar-refractivity contribution >= 4 is 17.1 Å². The first kappa shape index (κ1) is 11.8. The van der Waals surface area contributed by atoms with Gasteiger partial charge in [-0.15, -0.1) is 0 Å². The van der Waals surface area contributed by atoms with Crippen LogP contribution in [0.5, 0.6) is 0 Å². The van der Waals surface area contributed by atoms with E-state index in [0.29, 0.717) is 5.56 Å². The molecular weight excluding hydrogens is 212 g/mol. The molecule has 17 heavy (non-hydrogen) atoms. The van der Waals surface area contributed by atoms with Gasteiger partial charge in [-0.25, -0.2) is 0 Å². The van der Waals surface area contributed by atoms with E-state index in [0.717, 1.165) is 36.3 Å². The second-order valence-electron chi connectivity index (χ2n) is 4.24. The number of aryl methyl sites for hydroxylation is 1. The molecule has 0 aromatic heterocycles. The SMILES string of the molecule is O=Cc1ccc2cc(CCCCO)ccc2c1. The van der Waals surface area contributed by atoms with Crippen LogP contribution < -0.4 is 0 Å². The maximum absolute atomic E-state index is 10.7. The molecule has 0 amide bonds. The van der Waals surface area contributed by atoms with Crippen molar-refractivity contribution in [2.45, 2.75) is 19.3 Å². The summed E-state index contributed by atoms with van der Waals surface area (Å²) in [5.41, 5.74) is 2.00. The highest BCUT2D eigenvalue weighted by Crippen LogP contribution is 2.18. The lowest BCUT2D eigenvalue weighted by molar-refractivity contribution is 0.112. The van der Waals surface area contributed by atoms with E-state index < -0.39 is 0 Å². The van der Waals surface area contributed by atoms with E-state index in [1.807, 2.05) is 18.2 Å². The number of rotatable bonds is 5. The van der Waals surface area contributed by atoms with Crippen LogP contribution in [0.3, 0.4) is 0 Å². The number of unbranched alkanes of at least 4 members (excludes halogenated alkanes) is 1. The zero-order valence-electron chi connectivity index (χ0n) is 9.73. The van der Waals surface area contributed by atoms with Crippen molar-refractivity contribution in [3.63, 3.8) is 0 Å². The van der Waals surface area contributed by atoms with Gasteiger partial charge in [0.25, 0.3) is 0 Å². The number of carbonyl (C=O) groups is 1. The summed E-state index contributed by atoms with van der Waals surface area (Å²) in [5.74, 6) is 0. The molecule has 1 N–H and O–H groups in total. The molecule has 2 rings (SSSR count). The zero-order valence-corrected chi connectivity index (χ0v) is 9.73. The van der Waals surface area contributed by atoms with Crippen molar-refractivity contribution in [2.75, 3.05) is 6.61 Å². The Bertz CT molecular complexity index is 517. The van der Waals surface area contributed by atoms with Gasteiger partial charge >= 0.3 is 0 Å². The minimum Gasteiger partial charge on any atom is -0.396 e. The molecule has 0 aliphatic heterocycles. The topological polar surface area (TPSA) is 37.3 Å². The van der Waals surface area contributed by atoms with E-state index >= 15 is 0 Å². The Morgan fingerprint density at radius 3 is 2.53 bits per heavy atom. The molecule has 0 radical (unpaired) electrons. The Morgan fingerprint density at radius 1 is 1.00 bits per heavy atom. The summed E-state index contributed by atoms with van der Waals surface area (Å²) in [6, 6.07) is 12.0. The fraction of sp³-hybridized carbons (Fsp3) is 0.267. The van der Waals surface area contributed by atoms with Gasteiger partial charge < -0.3 is 5.11 Å². The van der Waals surface area contributed by atoms with E-state index in [1.54, 1.807) is 0 Å². The Morgan fingerprint density at radius 2 is 1.76 bits per heavy atom.